The second-order valence-corrected chi connectivity index (χ2v) is 6.86. The van der Waals surface area contributed by atoms with Crippen LogP contribution in [0.15, 0.2) is 66.7 Å². The van der Waals surface area contributed by atoms with Gasteiger partial charge in [-0.25, -0.2) is 4.79 Å². The standard InChI is InChI=1S/C24H23NO5/c1-15-12-13-16(2)19(14-15)25-23(27)22(17-8-5-4-6-9-17)30-24(28)18-10-7-11-20(29-3)21(18)26/h4-14,22,26H,1-3H3,(H,25,27). The maximum absolute atomic E-state index is 13.1. The zero-order valence-corrected chi connectivity index (χ0v) is 17.0. The highest BCUT2D eigenvalue weighted by Gasteiger charge is 2.28. The van der Waals surface area contributed by atoms with E-state index in [0.29, 0.717) is 11.3 Å². The molecular formula is C24H23NO5. The number of anilines is 1. The van der Waals surface area contributed by atoms with Crippen molar-refractivity contribution in [1.82, 2.24) is 0 Å². The van der Waals surface area contributed by atoms with Gasteiger partial charge in [0, 0.05) is 11.3 Å². The first-order valence-corrected chi connectivity index (χ1v) is 9.40. The van der Waals surface area contributed by atoms with Crippen molar-refractivity contribution in [3.63, 3.8) is 0 Å². The number of hydrogen-bond donors (Lipinski definition) is 2. The molecule has 0 spiro atoms. The molecule has 0 aliphatic rings. The van der Waals surface area contributed by atoms with Crippen LogP contribution in [0.3, 0.4) is 0 Å². The summed E-state index contributed by atoms with van der Waals surface area (Å²) in [6.07, 6.45) is -1.20. The summed E-state index contributed by atoms with van der Waals surface area (Å²) in [6.45, 7) is 3.81. The third-order valence-corrected chi connectivity index (χ3v) is 4.66. The van der Waals surface area contributed by atoms with E-state index < -0.39 is 18.0 Å². The molecule has 3 rings (SSSR count). The molecule has 0 saturated carbocycles. The van der Waals surface area contributed by atoms with Crippen molar-refractivity contribution in [3.8, 4) is 11.5 Å². The molecule has 2 N–H and O–H groups in total. The minimum Gasteiger partial charge on any atom is -0.504 e. The smallest absolute Gasteiger partial charge is 0.343 e. The van der Waals surface area contributed by atoms with Crippen LogP contribution in [0.1, 0.15) is 33.2 Å². The molecule has 0 aliphatic heterocycles. The monoisotopic (exact) mass is 405 g/mol. The number of para-hydroxylation sites is 1. The van der Waals surface area contributed by atoms with E-state index in [1.807, 2.05) is 32.0 Å². The van der Waals surface area contributed by atoms with E-state index in [1.165, 1.54) is 19.2 Å². The lowest BCUT2D eigenvalue weighted by Gasteiger charge is -2.19. The Bertz CT molecular complexity index is 1060. The third kappa shape index (κ3) is 4.60. The Morgan fingerprint density at radius 3 is 2.40 bits per heavy atom. The van der Waals surface area contributed by atoms with Crippen molar-refractivity contribution in [2.75, 3.05) is 12.4 Å². The van der Waals surface area contributed by atoms with Gasteiger partial charge in [-0.2, -0.15) is 0 Å². The molecule has 1 atom stereocenters. The summed E-state index contributed by atoms with van der Waals surface area (Å²) in [5.41, 5.74) is 2.94. The van der Waals surface area contributed by atoms with E-state index in [9.17, 15) is 14.7 Å². The van der Waals surface area contributed by atoms with Crippen LogP contribution in [0.2, 0.25) is 0 Å². The maximum Gasteiger partial charge on any atom is 0.343 e. The summed E-state index contributed by atoms with van der Waals surface area (Å²) >= 11 is 0. The summed E-state index contributed by atoms with van der Waals surface area (Å²) in [5, 5.41) is 13.1. The molecule has 0 fully saturated rings. The van der Waals surface area contributed by atoms with Crippen molar-refractivity contribution in [2.45, 2.75) is 20.0 Å². The molecule has 154 valence electrons. The van der Waals surface area contributed by atoms with Crippen molar-refractivity contribution in [2.24, 2.45) is 0 Å². The topological polar surface area (TPSA) is 84.9 Å². The molecule has 1 amide bonds. The minimum atomic E-state index is -1.20. The lowest BCUT2D eigenvalue weighted by molar-refractivity contribution is -0.125. The first-order valence-electron chi connectivity index (χ1n) is 9.40. The lowest BCUT2D eigenvalue weighted by atomic mass is 10.1. The van der Waals surface area contributed by atoms with Crippen LogP contribution in [-0.4, -0.2) is 24.1 Å². The number of phenols is 1. The van der Waals surface area contributed by atoms with Crippen molar-refractivity contribution >= 4 is 17.6 Å². The molecule has 0 bridgehead atoms. The van der Waals surface area contributed by atoms with Crippen LogP contribution in [0, 0.1) is 13.8 Å². The van der Waals surface area contributed by atoms with Crippen LogP contribution >= 0.6 is 0 Å². The predicted octanol–water partition coefficient (Wildman–Crippen LogP) is 4.55. The normalized spacial score (nSPS) is 11.4. The number of hydrogen-bond acceptors (Lipinski definition) is 5. The zero-order chi connectivity index (χ0) is 21.7. The van der Waals surface area contributed by atoms with Gasteiger partial charge >= 0.3 is 5.97 Å². The van der Waals surface area contributed by atoms with Gasteiger partial charge in [-0.15, -0.1) is 0 Å². The molecule has 6 heteroatoms. The molecule has 0 saturated heterocycles. The summed E-state index contributed by atoms with van der Waals surface area (Å²) in [5.74, 6) is -1.53. The van der Waals surface area contributed by atoms with Crippen molar-refractivity contribution < 1.29 is 24.2 Å². The van der Waals surface area contributed by atoms with Gasteiger partial charge in [-0.1, -0.05) is 48.5 Å². The van der Waals surface area contributed by atoms with Crippen LogP contribution in [-0.2, 0) is 9.53 Å². The minimum absolute atomic E-state index is 0.0881. The maximum atomic E-state index is 13.1. The fourth-order valence-electron chi connectivity index (χ4n) is 2.99. The van der Waals surface area contributed by atoms with Crippen LogP contribution in [0.4, 0.5) is 5.69 Å². The molecule has 6 nitrogen and oxygen atoms in total. The van der Waals surface area contributed by atoms with E-state index in [0.717, 1.165) is 11.1 Å². The van der Waals surface area contributed by atoms with E-state index in [4.69, 9.17) is 9.47 Å². The summed E-state index contributed by atoms with van der Waals surface area (Å²) < 4.78 is 10.6. The lowest BCUT2D eigenvalue weighted by Crippen LogP contribution is -2.26. The Kier molecular flexibility index (Phi) is 6.37. The summed E-state index contributed by atoms with van der Waals surface area (Å²) in [4.78, 5) is 25.9. The number of nitrogens with one attached hydrogen (secondary N) is 1. The molecule has 0 radical (unpaired) electrons. The number of carbonyl (C=O) groups excluding carboxylic acids is 2. The number of ether oxygens (including phenoxy) is 2. The SMILES string of the molecule is COc1cccc(C(=O)OC(C(=O)Nc2cc(C)ccc2C)c2ccccc2)c1O. The number of rotatable bonds is 6. The largest absolute Gasteiger partial charge is 0.504 e. The molecule has 1 unspecified atom stereocenters. The predicted molar refractivity (Wildman–Crippen MR) is 114 cm³/mol. The average molecular weight is 405 g/mol. The number of aryl methyl sites for hydroxylation is 2. The molecule has 3 aromatic rings. The van der Waals surface area contributed by atoms with E-state index >= 15 is 0 Å². The zero-order valence-electron chi connectivity index (χ0n) is 17.0. The van der Waals surface area contributed by atoms with Gasteiger partial charge < -0.3 is 19.9 Å². The summed E-state index contributed by atoms with van der Waals surface area (Å²) in [7, 11) is 1.38. The fraction of sp³-hybridized carbons (Fsp3) is 0.167. The number of methoxy groups -OCH3 is 1. The Morgan fingerprint density at radius 1 is 0.967 bits per heavy atom. The Balaban J connectivity index is 1.91. The Morgan fingerprint density at radius 2 is 1.70 bits per heavy atom. The van der Waals surface area contributed by atoms with Crippen molar-refractivity contribution in [3.05, 3.63) is 89.0 Å². The molecular weight excluding hydrogens is 382 g/mol. The second-order valence-electron chi connectivity index (χ2n) is 6.86. The Labute approximate surface area is 175 Å². The highest BCUT2D eigenvalue weighted by Crippen LogP contribution is 2.31. The number of carbonyl (C=O) groups is 2. The average Bonchev–Trinajstić information content (AvgIpc) is 2.75. The molecule has 3 aromatic carbocycles. The number of phenolic OH excluding ortho intramolecular Hbond substituents is 1. The molecule has 0 aliphatic carbocycles. The van der Waals surface area contributed by atoms with Gasteiger partial charge in [0.05, 0.1) is 7.11 Å². The quantitative estimate of drug-likeness (QED) is 0.588. The highest BCUT2D eigenvalue weighted by atomic mass is 16.5. The number of esters is 1. The molecule has 30 heavy (non-hydrogen) atoms. The second kappa shape index (κ2) is 9.13. The van der Waals surface area contributed by atoms with Crippen LogP contribution < -0.4 is 10.1 Å². The van der Waals surface area contributed by atoms with E-state index in [-0.39, 0.29) is 17.1 Å². The molecule has 0 heterocycles. The molecule has 0 aromatic heterocycles. The van der Waals surface area contributed by atoms with Gasteiger partial charge in [0.25, 0.3) is 5.91 Å². The van der Waals surface area contributed by atoms with Gasteiger partial charge in [0.15, 0.2) is 11.5 Å². The number of benzene rings is 3. The van der Waals surface area contributed by atoms with Crippen LogP contribution in [0.25, 0.3) is 0 Å². The highest BCUT2D eigenvalue weighted by molar-refractivity contribution is 5.99. The third-order valence-electron chi connectivity index (χ3n) is 4.66. The van der Waals surface area contributed by atoms with Gasteiger partial charge in [-0.05, 0) is 43.2 Å². The fourth-order valence-corrected chi connectivity index (χ4v) is 2.99. The Hall–Kier alpha value is -3.80. The van der Waals surface area contributed by atoms with Gasteiger partial charge in [-0.3, -0.25) is 4.79 Å². The van der Waals surface area contributed by atoms with E-state index in [1.54, 1.807) is 36.4 Å². The van der Waals surface area contributed by atoms with Gasteiger partial charge in [0.2, 0.25) is 6.10 Å². The first-order chi connectivity index (χ1) is 14.4. The van der Waals surface area contributed by atoms with E-state index in [2.05, 4.69) is 5.32 Å². The van der Waals surface area contributed by atoms with Crippen molar-refractivity contribution in [1.29, 1.82) is 0 Å². The van der Waals surface area contributed by atoms with Crippen LogP contribution in [0.5, 0.6) is 11.5 Å². The number of amides is 1. The number of aromatic hydroxyl groups is 1. The first kappa shape index (κ1) is 20.9. The van der Waals surface area contributed by atoms with Gasteiger partial charge in [0.1, 0.15) is 5.56 Å². The summed E-state index contributed by atoms with van der Waals surface area (Å²) in [6, 6.07) is 18.9.